The first-order valence-corrected chi connectivity index (χ1v) is 9.73. The molecule has 2 N–H and O–H groups in total. The van der Waals surface area contributed by atoms with Crippen LogP contribution in [0.5, 0.6) is 5.75 Å². The van der Waals surface area contributed by atoms with Crippen molar-refractivity contribution in [3.8, 4) is 5.75 Å². The Kier molecular flexibility index (Phi) is 9.88. The van der Waals surface area contributed by atoms with Crippen LogP contribution in [0.1, 0.15) is 19.8 Å². The first-order valence-electron chi connectivity index (χ1n) is 9.73. The van der Waals surface area contributed by atoms with Gasteiger partial charge in [-0.05, 0) is 44.0 Å². The van der Waals surface area contributed by atoms with E-state index in [-0.39, 0.29) is 24.0 Å². The molecule has 2 aromatic rings. The van der Waals surface area contributed by atoms with Crippen molar-refractivity contribution in [2.24, 2.45) is 4.99 Å². The monoisotopic (exact) mass is 495 g/mol. The summed E-state index contributed by atoms with van der Waals surface area (Å²) >= 11 is 0. The van der Waals surface area contributed by atoms with E-state index in [0.29, 0.717) is 19.2 Å². The van der Waals surface area contributed by atoms with Crippen molar-refractivity contribution in [3.05, 3.63) is 54.9 Å². The summed E-state index contributed by atoms with van der Waals surface area (Å²) < 4.78 is 5.67. The second-order valence-corrected chi connectivity index (χ2v) is 6.56. The maximum absolute atomic E-state index is 5.67. The number of guanidine groups is 1. The molecule has 3 rings (SSSR count). The van der Waals surface area contributed by atoms with Crippen molar-refractivity contribution >= 4 is 35.6 Å². The molecule has 0 bridgehead atoms. The number of benzene rings is 1. The van der Waals surface area contributed by atoms with Crippen LogP contribution in [-0.2, 0) is 0 Å². The molecule has 2 heterocycles. The standard InChI is InChI=1S/C21H29N5O.HI/c1-2-23-21(24-13-15-27-20-11-6-12-22-16-20)25-18-8-7-14-26(17-18)19-9-4-3-5-10-19;/h3-6,9-12,16,18H,2,7-8,13-15,17H2,1H3,(H2,23,24,25);1H. The zero-order chi connectivity index (χ0) is 18.7. The quantitative estimate of drug-likeness (QED) is 0.267. The van der Waals surface area contributed by atoms with Crippen molar-refractivity contribution in [3.63, 3.8) is 0 Å². The van der Waals surface area contributed by atoms with Crippen LogP contribution in [0.2, 0.25) is 0 Å². The normalized spacial score (nSPS) is 16.8. The zero-order valence-corrected chi connectivity index (χ0v) is 18.7. The first-order chi connectivity index (χ1) is 13.3. The van der Waals surface area contributed by atoms with Gasteiger partial charge < -0.3 is 20.3 Å². The molecule has 152 valence electrons. The zero-order valence-electron chi connectivity index (χ0n) is 16.4. The molecule has 7 heteroatoms. The molecule has 1 aliphatic rings. The predicted octanol–water partition coefficient (Wildman–Crippen LogP) is 3.30. The van der Waals surface area contributed by atoms with Gasteiger partial charge in [0, 0.05) is 37.6 Å². The Bertz CT molecular complexity index is 698. The Morgan fingerprint density at radius 1 is 1.25 bits per heavy atom. The summed E-state index contributed by atoms with van der Waals surface area (Å²) in [5.74, 6) is 1.63. The highest BCUT2D eigenvalue weighted by molar-refractivity contribution is 14.0. The average Bonchev–Trinajstić information content (AvgIpc) is 2.73. The first kappa shape index (κ1) is 22.3. The molecule has 0 radical (unpaired) electrons. The highest BCUT2D eigenvalue weighted by Crippen LogP contribution is 2.19. The van der Waals surface area contributed by atoms with E-state index in [4.69, 9.17) is 4.74 Å². The van der Waals surface area contributed by atoms with Gasteiger partial charge in [0.1, 0.15) is 12.4 Å². The molecule has 1 aliphatic heterocycles. The lowest BCUT2D eigenvalue weighted by Crippen LogP contribution is -2.51. The highest BCUT2D eigenvalue weighted by Gasteiger charge is 2.20. The Morgan fingerprint density at radius 3 is 2.86 bits per heavy atom. The molecular weight excluding hydrogens is 465 g/mol. The number of aliphatic imine (C=N–C) groups is 1. The molecule has 1 fully saturated rings. The molecule has 0 amide bonds. The summed E-state index contributed by atoms with van der Waals surface area (Å²) in [4.78, 5) is 11.1. The minimum atomic E-state index is 0. The SMILES string of the molecule is CCNC(=NCCOc1cccnc1)NC1CCCN(c2ccccc2)C1.I. The maximum Gasteiger partial charge on any atom is 0.191 e. The van der Waals surface area contributed by atoms with Gasteiger partial charge in [-0.15, -0.1) is 24.0 Å². The van der Waals surface area contributed by atoms with Gasteiger partial charge in [-0.25, -0.2) is 4.99 Å². The van der Waals surface area contributed by atoms with E-state index in [1.54, 1.807) is 12.4 Å². The molecule has 6 nitrogen and oxygen atoms in total. The smallest absolute Gasteiger partial charge is 0.191 e. The summed E-state index contributed by atoms with van der Waals surface area (Å²) in [5, 5.41) is 6.92. The van der Waals surface area contributed by atoms with Crippen molar-refractivity contribution in [1.29, 1.82) is 0 Å². The number of piperidine rings is 1. The van der Waals surface area contributed by atoms with Gasteiger partial charge in [0.05, 0.1) is 12.7 Å². The lowest BCUT2D eigenvalue weighted by molar-refractivity contribution is 0.327. The number of nitrogens with one attached hydrogen (secondary N) is 2. The fraction of sp³-hybridized carbons (Fsp3) is 0.429. The number of ether oxygens (including phenoxy) is 1. The van der Waals surface area contributed by atoms with Gasteiger partial charge in [-0.2, -0.15) is 0 Å². The number of aromatic nitrogens is 1. The molecule has 0 aliphatic carbocycles. The fourth-order valence-corrected chi connectivity index (χ4v) is 3.24. The Labute approximate surface area is 184 Å². The second kappa shape index (κ2) is 12.4. The van der Waals surface area contributed by atoms with Crippen LogP contribution in [0.3, 0.4) is 0 Å². The molecule has 0 saturated carbocycles. The van der Waals surface area contributed by atoms with Gasteiger partial charge in [0.2, 0.25) is 0 Å². The van der Waals surface area contributed by atoms with Gasteiger partial charge >= 0.3 is 0 Å². The Balaban J connectivity index is 0.00000280. The van der Waals surface area contributed by atoms with Crippen LogP contribution in [0, 0.1) is 0 Å². The molecule has 1 saturated heterocycles. The minimum Gasteiger partial charge on any atom is -0.490 e. The molecule has 1 aromatic heterocycles. The molecule has 1 unspecified atom stereocenters. The number of rotatable bonds is 7. The van der Waals surface area contributed by atoms with Crippen molar-refractivity contribution in [1.82, 2.24) is 15.6 Å². The number of anilines is 1. The lowest BCUT2D eigenvalue weighted by Gasteiger charge is -2.35. The van der Waals surface area contributed by atoms with Gasteiger partial charge in [0.15, 0.2) is 5.96 Å². The fourth-order valence-electron chi connectivity index (χ4n) is 3.24. The number of nitrogens with zero attached hydrogens (tertiary/aromatic N) is 3. The van der Waals surface area contributed by atoms with Crippen molar-refractivity contribution < 1.29 is 4.74 Å². The van der Waals surface area contributed by atoms with Crippen molar-refractivity contribution in [2.75, 3.05) is 37.7 Å². The van der Waals surface area contributed by atoms with Crippen LogP contribution in [-0.4, -0.2) is 49.8 Å². The Morgan fingerprint density at radius 2 is 2.11 bits per heavy atom. The van der Waals surface area contributed by atoms with Crippen LogP contribution >= 0.6 is 24.0 Å². The van der Waals surface area contributed by atoms with E-state index < -0.39 is 0 Å². The highest BCUT2D eigenvalue weighted by atomic mass is 127. The van der Waals surface area contributed by atoms with E-state index in [2.05, 4.69) is 62.8 Å². The topological polar surface area (TPSA) is 61.8 Å². The van der Waals surface area contributed by atoms with E-state index in [0.717, 1.165) is 37.8 Å². The third kappa shape index (κ3) is 7.18. The molecule has 1 aromatic carbocycles. The molecular formula is C21H30IN5O. The number of pyridine rings is 1. The van der Waals surface area contributed by atoms with E-state index >= 15 is 0 Å². The number of halogens is 1. The summed E-state index contributed by atoms with van der Waals surface area (Å²) in [6.07, 6.45) is 5.78. The van der Waals surface area contributed by atoms with Gasteiger partial charge in [0.25, 0.3) is 0 Å². The minimum absolute atomic E-state index is 0. The molecule has 0 spiro atoms. The number of para-hydroxylation sites is 1. The number of hydrogen-bond acceptors (Lipinski definition) is 4. The summed E-state index contributed by atoms with van der Waals surface area (Å²) in [6, 6.07) is 14.8. The van der Waals surface area contributed by atoms with Crippen LogP contribution in [0.4, 0.5) is 5.69 Å². The summed E-state index contributed by atoms with van der Waals surface area (Å²) in [6.45, 7) is 6.14. The molecule has 28 heavy (non-hydrogen) atoms. The maximum atomic E-state index is 5.67. The van der Waals surface area contributed by atoms with Gasteiger partial charge in [-0.1, -0.05) is 18.2 Å². The second-order valence-electron chi connectivity index (χ2n) is 6.56. The van der Waals surface area contributed by atoms with Gasteiger partial charge in [-0.3, -0.25) is 4.98 Å². The average molecular weight is 495 g/mol. The summed E-state index contributed by atoms with van der Waals surface area (Å²) in [5.41, 5.74) is 1.29. The van der Waals surface area contributed by atoms with E-state index in [1.165, 1.54) is 12.1 Å². The van der Waals surface area contributed by atoms with E-state index in [9.17, 15) is 0 Å². The predicted molar refractivity (Wildman–Crippen MR) is 126 cm³/mol. The lowest BCUT2D eigenvalue weighted by atomic mass is 10.1. The van der Waals surface area contributed by atoms with Crippen LogP contribution in [0.25, 0.3) is 0 Å². The van der Waals surface area contributed by atoms with Crippen molar-refractivity contribution in [2.45, 2.75) is 25.8 Å². The van der Waals surface area contributed by atoms with Crippen LogP contribution in [0.15, 0.2) is 59.9 Å². The van der Waals surface area contributed by atoms with E-state index in [1.807, 2.05) is 12.1 Å². The van der Waals surface area contributed by atoms with Crippen LogP contribution < -0.4 is 20.3 Å². The number of hydrogen-bond donors (Lipinski definition) is 2. The third-order valence-electron chi connectivity index (χ3n) is 4.49. The third-order valence-corrected chi connectivity index (χ3v) is 4.49. The summed E-state index contributed by atoms with van der Waals surface area (Å²) in [7, 11) is 0. The molecule has 1 atom stereocenters. The Hall–Kier alpha value is -2.03. The largest absolute Gasteiger partial charge is 0.490 e.